The highest BCUT2D eigenvalue weighted by Crippen LogP contribution is 2.53. The van der Waals surface area contributed by atoms with Crippen LogP contribution in [0, 0.1) is 17.8 Å². The molecule has 3 aromatic carbocycles. The zero-order valence-corrected chi connectivity index (χ0v) is 17.4. The molecule has 1 fully saturated rings. The lowest BCUT2D eigenvalue weighted by Crippen LogP contribution is -2.52. The highest BCUT2D eigenvalue weighted by molar-refractivity contribution is 5.85. The van der Waals surface area contributed by atoms with E-state index >= 15 is 0 Å². The van der Waals surface area contributed by atoms with Crippen molar-refractivity contribution < 1.29 is 28.9 Å². The van der Waals surface area contributed by atoms with Crippen molar-refractivity contribution in [3.05, 3.63) is 78.4 Å². The fraction of sp³-hybridized carbons (Fsp3) is 0.231. The summed E-state index contributed by atoms with van der Waals surface area (Å²) in [5.74, 6) is -1.48. The Morgan fingerprint density at radius 1 is 0.906 bits per heavy atom. The van der Waals surface area contributed by atoms with Crippen molar-refractivity contribution in [3.63, 3.8) is 0 Å². The zero-order valence-electron chi connectivity index (χ0n) is 17.4. The van der Waals surface area contributed by atoms with E-state index < -0.39 is 29.7 Å². The first-order valence-corrected chi connectivity index (χ1v) is 10.5. The molecule has 0 spiro atoms. The first-order valence-electron chi connectivity index (χ1n) is 10.5. The zero-order chi connectivity index (χ0) is 22.2. The van der Waals surface area contributed by atoms with Crippen LogP contribution in [-0.4, -0.2) is 23.8 Å². The summed E-state index contributed by atoms with van der Waals surface area (Å²) in [6.07, 6.45) is 0. The predicted molar refractivity (Wildman–Crippen MR) is 117 cm³/mol. The molecule has 0 amide bonds. The summed E-state index contributed by atoms with van der Waals surface area (Å²) in [5, 5.41) is 9.72. The van der Waals surface area contributed by atoms with Gasteiger partial charge >= 0.3 is 11.9 Å². The molecular formula is C26H22O6. The average Bonchev–Trinajstić information content (AvgIpc) is 3.26. The summed E-state index contributed by atoms with van der Waals surface area (Å²) in [6.45, 7) is 1.98. The van der Waals surface area contributed by atoms with Crippen LogP contribution in [0.5, 0.6) is 17.2 Å². The van der Waals surface area contributed by atoms with Crippen LogP contribution in [-0.2, 0) is 9.59 Å². The molecule has 1 aliphatic carbocycles. The second-order valence-electron chi connectivity index (χ2n) is 8.17. The van der Waals surface area contributed by atoms with E-state index in [1.165, 1.54) is 0 Å². The number of hydrogen-bond donors (Lipinski definition) is 1. The van der Waals surface area contributed by atoms with Crippen molar-refractivity contribution in [1.82, 2.24) is 0 Å². The van der Waals surface area contributed by atoms with E-state index in [1.807, 2.05) is 60.7 Å². The summed E-state index contributed by atoms with van der Waals surface area (Å²) >= 11 is 0. The normalized spacial score (nSPS) is 23.3. The second kappa shape index (κ2) is 8.04. The molecule has 0 bridgehead atoms. The molecule has 162 valence electrons. The summed E-state index contributed by atoms with van der Waals surface area (Å²) in [6, 6.07) is 22.2. The molecular weight excluding hydrogens is 408 g/mol. The Morgan fingerprint density at radius 3 is 2.41 bits per heavy atom. The molecule has 0 saturated heterocycles. The summed E-state index contributed by atoms with van der Waals surface area (Å²) in [4.78, 5) is 25.1. The number of rotatable bonds is 5. The SMILES string of the molecule is C[C@H]1C(C(=O)Oc2ccccc2-c2ccc3c(c2)OCO3)C(c2ccccc2)[C@@H]1C(=O)O. The maximum Gasteiger partial charge on any atom is 0.315 e. The number of hydrogen-bond acceptors (Lipinski definition) is 5. The van der Waals surface area contributed by atoms with Gasteiger partial charge in [-0.1, -0.05) is 61.5 Å². The lowest BCUT2D eigenvalue weighted by molar-refractivity contribution is -0.162. The van der Waals surface area contributed by atoms with Gasteiger partial charge in [0.15, 0.2) is 11.5 Å². The molecule has 3 aromatic rings. The molecule has 0 aromatic heterocycles. The smallest absolute Gasteiger partial charge is 0.315 e. The van der Waals surface area contributed by atoms with E-state index in [1.54, 1.807) is 19.1 Å². The Labute approximate surface area is 185 Å². The minimum absolute atomic E-state index is 0.181. The van der Waals surface area contributed by atoms with Crippen molar-refractivity contribution in [2.24, 2.45) is 17.8 Å². The first-order chi connectivity index (χ1) is 15.5. The third kappa shape index (κ3) is 3.38. The first kappa shape index (κ1) is 20.1. The monoisotopic (exact) mass is 430 g/mol. The van der Waals surface area contributed by atoms with Gasteiger partial charge < -0.3 is 19.3 Å². The van der Waals surface area contributed by atoms with Crippen LogP contribution >= 0.6 is 0 Å². The number of carbonyl (C=O) groups excluding carboxylic acids is 1. The Hall–Kier alpha value is -3.80. The van der Waals surface area contributed by atoms with Crippen LogP contribution in [0.4, 0.5) is 0 Å². The lowest BCUT2D eigenvalue weighted by Gasteiger charge is -2.47. The quantitative estimate of drug-likeness (QED) is 0.465. The molecule has 1 saturated carbocycles. The van der Waals surface area contributed by atoms with Gasteiger partial charge in [-0.05, 0) is 35.2 Å². The Balaban J connectivity index is 1.43. The van der Waals surface area contributed by atoms with E-state index in [0.717, 1.165) is 16.7 Å². The number of carboxylic acids is 1. The van der Waals surface area contributed by atoms with Crippen LogP contribution in [0.1, 0.15) is 18.4 Å². The fourth-order valence-corrected chi connectivity index (χ4v) is 4.82. The number of carbonyl (C=O) groups is 2. The van der Waals surface area contributed by atoms with Gasteiger partial charge in [0.25, 0.3) is 0 Å². The van der Waals surface area contributed by atoms with Crippen LogP contribution in [0.2, 0.25) is 0 Å². The maximum absolute atomic E-state index is 13.3. The Bertz CT molecular complexity index is 1170. The van der Waals surface area contributed by atoms with Crippen molar-refractivity contribution >= 4 is 11.9 Å². The van der Waals surface area contributed by atoms with Crippen molar-refractivity contribution in [2.75, 3.05) is 6.79 Å². The van der Waals surface area contributed by atoms with Crippen LogP contribution in [0.3, 0.4) is 0 Å². The largest absolute Gasteiger partial charge is 0.481 e. The van der Waals surface area contributed by atoms with E-state index in [-0.39, 0.29) is 12.7 Å². The molecule has 1 aliphatic heterocycles. The second-order valence-corrected chi connectivity index (χ2v) is 8.17. The van der Waals surface area contributed by atoms with Gasteiger partial charge in [0.2, 0.25) is 6.79 Å². The van der Waals surface area contributed by atoms with Crippen molar-refractivity contribution in [3.8, 4) is 28.4 Å². The topological polar surface area (TPSA) is 82.1 Å². The van der Waals surface area contributed by atoms with Gasteiger partial charge in [-0.3, -0.25) is 9.59 Å². The number of esters is 1. The molecule has 32 heavy (non-hydrogen) atoms. The Morgan fingerprint density at radius 2 is 1.62 bits per heavy atom. The lowest BCUT2D eigenvalue weighted by atomic mass is 9.55. The number of fused-ring (bicyclic) bond motifs is 1. The van der Waals surface area contributed by atoms with Crippen LogP contribution < -0.4 is 14.2 Å². The number of carboxylic acid groups (broad SMARTS) is 1. The van der Waals surface area contributed by atoms with E-state index in [4.69, 9.17) is 14.2 Å². The number of benzene rings is 3. The summed E-state index contributed by atoms with van der Waals surface area (Å²) in [5.41, 5.74) is 2.42. The third-order valence-electron chi connectivity index (χ3n) is 6.43. The maximum atomic E-state index is 13.3. The Kier molecular flexibility index (Phi) is 5.05. The number of para-hydroxylation sites is 1. The molecule has 1 heterocycles. The molecule has 2 aliphatic rings. The molecule has 5 rings (SSSR count). The van der Waals surface area contributed by atoms with Gasteiger partial charge in [0.05, 0.1) is 11.8 Å². The van der Waals surface area contributed by atoms with Gasteiger partial charge in [-0.25, -0.2) is 0 Å². The standard InChI is InChI=1S/C26H22O6/c1-15-22(25(27)28)24(16-7-3-2-4-8-16)23(15)26(29)32-19-10-6-5-9-18(19)17-11-12-20-21(13-17)31-14-30-20/h2-13,15,22-24H,14H2,1H3,(H,27,28)/t15-,22-,23?,24?/m1/s1. The van der Waals surface area contributed by atoms with Gasteiger partial charge in [-0.15, -0.1) is 0 Å². The van der Waals surface area contributed by atoms with E-state index in [9.17, 15) is 14.7 Å². The van der Waals surface area contributed by atoms with Gasteiger partial charge in [0.1, 0.15) is 5.75 Å². The van der Waals surface area contributed by atoms with Gasteiger partial charge in [0, 0.05) is 11.5 Å². The number of ether oxygens (including phenoxy) is 3. The molecule has 6 heteroatoms. The minimum atomic E-state index is -0.892. The average molecular weight is 430 g/mol. The van der Waals surface area contributed by atoms with Gasteiger partial charge in [-0.2, -0.15) is 0 Å². The summed E-state index contributed by atoms with van der Waals surface area (Å²) < 4.78 is 16.7. The molecule has 4 atom stereocenters. The van der Waals surface area contributed by atoms with Crippen molar-refractivity contribution in [1.29, 1.82) is 0 Å². The van der Waals surface area contributed by atoms with E-state index in [0.29, 0.717) is 17.2 Å². The van der Waals surface area contributed by atoms with Crippen LogP contribution in [0.25, 0.3) is 11.1 Å². The molecule has 2 unspecified atom stereocenters. The highest BCUT2D eigenvalue weighted by atomic mass is 16.7. The molecule has 6 nitrogen and oxygen atoms in total. The van der Waals surface area contributed by atoms with Crippen LogP contribution in [0.15, 0.2) is 72.8 Å². The minimum Gasteiger partial charge on any atom is -0.481 e. The number of aliphatic carboxylic acids is 1. The predicted octanol–water partition coefficient (Wildman–Crippen LogP) is 4.74. The molecule has 1 N–H and O–H groups in total. The summed E-state index contributed by atoms with van der Waals surface area (Å²) in [7, 11) is 0. The highest BCUT2D eigenvalue weighted by Gasteiger charge is 2.56. The van der Waals surface area contributed by atoms with Crippen molar-refractivity contribution in [2.45, 2.75) is 12.8 Å². The van der Waals surface area contributed by atoms with E-state index in [2.05, 4.69) is 0 Å². The fourth-order valence-electron chi connectivity index (χ4n) is 4.82. The molecule has 0 radical (unpaired) electrons. The third-order valence-corrected chi connectivity index (χ3v) is 6.43.